The van der Waals surface area contributed by atoms with E-state index in [-0.39, 0.29) is 0 Å². The van der Waals surface area contributed by atoms with E-state index in [1.165, 1.54) is 32.5 Å². The highest BCUT2D eigenvalue weighted by molar-refractivity contribution is 4.78. The van der Waals surface area contributed by atoms with E-state index in [4.69, 9.17) is 0 Å². The van der Waals surface area contributed by atoms with Crippen molar-refractivity contribution < 1.29 is 0 Å². The molecule has 1 unspecified atom stereocenters. The van der Waals surface area contributed by atoms with Gasteiger partial charge in [0, 0.05) is 19.1 Å². The largest absolute Gasteiger partial charge is 0.315 e. The molecule has 0 saturated carbocycles. The molecule has 1 heterocycles. The van der Waals surface area contributed by atoms with Crippen molar-refractivity contribution >= 4 is 0 Å². The van der Waals surface area contributed by atoms with Gasteiger partial charge in [0.1, 0.15) is 0 Å². The number of hydrogen-bond donors (Lipinski definition) is 1. The monoisotopic (exact) mass is 255 g/mol. The van der Waals surface area contributed by atoms with Crippen LogP contribution in [0.5, 0.6) is 0 Å². The van der Waals surface area contributed by atoms with Crippen LogP contribution in [-0.4, -0.2) is 62.7 Å². The highest BCUT2D eigenvalue weighted by Crippen LogP contribution is 2.19. The summed E-state index contributed by atoms with van der Waals surface area (Å²) in [7, 11) is 4.37. The molecule has 18 heavy (non-hydrogen) atoms. The molecule has 1 aliphatic rings. The minimum Gasteiger partial charge on any atom is -0.315 e. The van der Waals surface area contributed by atoms with E-state index >= 15 is 0 Å². The normalized spacial score (nSPS) is 20.8. The van der Waals surface area contributed by atoms with E-state index < -0.39 is 0 Å². The number of hydrogen-bond acceptors (Lipinski definition) is 3. The van der Waals surface area contributed by atoms with Gasteiger partial charge in [-0.2, -0.15) is 0 Å². The van der Waals surface area contributed by atoms with Crippen molar-refractivity contribution in [3.63, 3.8) is 0 Å². The van der Waals surface area contributed by atoms with Gasteiger partial charge in [-0.25, -0.2) is 0 Å². The van der Waals surface area contributed by atoms with E-state index in [9.17, 15) is 0 Å². The van der Waals surface area contributed by atoms with Gasteiger partial charge in [0.15, 0.2) is 0 Å². The second-order valence-corrected chi connectivity index (χ2v) is 6.64. The lowest BCUT2D eigenvalue weighted by molar-refractivity contribution is 0.125. The Balaban J connectivity index is 2.17. The van der Waals surface area contributed by atoms with Crippen molar-refractivity contribution in [2.75, 3.05) is 46.8 Å². The molecule has 3 nitrogen and oxygen atoms in total. The van der Waals surface area contributed by atoms with Crippen LogP contribution in [0.1, 0.15) is 33.6 Å². The molecule has 1 saturated heterocycles. The zero-order valence-electron chi connectivity index (χ0n) is 13.1. The van der Waals surface area contributed by atoms with Crippen LogP contribution in [0, 0.1) is 11.8 Å². The van der Waals surface area contributed by atoms with Crippen LogP contribution in [-0.2, 0) is 0 Å². The Bertz CT molecular complexity index is 208. The maximum absolute atomic E-state index is 3.58. The third-order valence-corrected chi connectivity index (χ3v) is 3.89. The Labute approximate surface area is 114 Å². The standard InChI is InChI=1S/C15H33N3/c1-13(2)10-16-11-14(3)18-8-6-15(7-9-18)12-17(4)5/h13-16H,6-12H2,1-5H3. The van der Waals surface area contributed by atoms with Crippen molar-refractivity contribution in [3.8, 4) is 0 Å². The molecule has 0 aromatic carbocycles. The first-order valence-corrected chi connectivity index (χ1v) is 7.58. The first-order valence-electron chi connectivity index (χ1n) is 7.58. The van der Waals surface area contributed by atoms with E-state index in [1.807, 2.05) is 0 Å². The molecule has 3 heteroatoms. The van der Waals surface area contributed by atoms with Crippen LogP contribution in [0.15, 0.2) is 0 Å². The third-order valence-electron chi connectivity index (χ3n) is 3.89. The summed E-state index contributed by atoms with van der Waals surface area (Å²) in [5.74, 6) is 1.66. The molecule has 108 valence electrons. The van der Waals surface area contributed by atoms with Crippen LogP contribution in [0.2, 0.25) is 0 Å². The van der Waals surface area contributed by atoms with Crippen LogP contribution >= 0.6 is 0 Å². The van der Waals surface area contributed by atoms with E-state index in [2.05, 4.69) is 50.0 Å². The van der Waals surface area contributed by atoms with Crippen LogP contribution in [0.4, 0.5) is 0 Å². The Morgan fingerprint density at radius 3 is 2.22 bits per heavy atom. The molecule has 1 N–H and O–H groups in total. The van der Waals surface area contributed by atoms with Gasteiger partial charge >= 0.3 is 0 Å². The molecule has 0 aliphatic carbocycles. The molecular weight excluding hydrogens is 222 g/mol. The summed E-state index contributed by atoms with van der Waals surface area (Å²) in [6.45, 7) is 13.0. The van der Waals surface area contributed by atoms with Crippen molar-refractivity contribution in [2.24, 2.45) is 11.8 Å². The molecule has 0 spiro atoms. The van der Waals surface area contributed by atoms with E-state index in [1.54, 1.807) is 0 Å². The second-order valence-electron chi connectivity index (χ2n) is 6.64. The maximum atomic E-state index is 3.58. The molecular formula is C15H33N3. The summed E-state index contributed by atoms with van der Waals surface area (Å²) >= 11 is 0. The van der Waals surface area contributed by atoms with Gasteiger partial charge in [-0.3, -0.25) is 4.90 Å². The molecule has 0 amide bonds. The van der Waals surface area contributed by atoms with Gasteiger partial charge in [0.2, 0.25) is 0 Å². The molecule has 0 aromatic heterocycles. The predicted octanol–water partition coefficient (Wildman–Crippen LogP) is 1.89. The van der Waals surface area contributed by atoms with Gasteiger partial charge in [-0.05, 0) is 65.3 Å². The lowest BCUT2D eigenvalue weighted by Gasteiger charge is -2.37. The van der Waals surface area contributed by atoms with Crippen LogP contribution in [0.25, 0.3) is 0 Å². The lowest BCUT2D eigenvalue weighted by Crippen LogP contribution is -2.46. The summed E-state index contributed by atoms with van der Waals surface area (Å²) in [6.07, 6.45) is 2.74. The average molecular weight is 255 g/mol. The summed E-state index contributed by atoms with van der Waals surface area (Å²) in [5, 5.41) is 3.58. The number of piperidine rings is 1. The molecule has 0 aromatic rings. The van der Waals surface area contributed by atoms with Gasteiger partial charge < -0.3 is 10.2 Å². The third kappa shape index (κ3) is 6.17. The highest BCUT2D eigenvalue weighted by atomic mass is 15.2. The van der Waals surface area contributed by atoms with Crippen LogP contribution in [0.3, 0.4) is 0 Å². The molecule has 0 bridgehead atoms. The SMILES string of the molecule is CC(C)CNCC(C)N1CCC(CN(C)C)CC1. The van der Waals surface area contributed by atoms with Crippen LogP contribution < -0.4 is 5.32 Å². The summed E-state index contributed by atoms with van der Waals surface area (Å²) < 4.78 is 0. The zero-order valence-corrected chi connectivity index (χ0v) is 13.1. The highest BCUT2D eigenvalue weighted by Gasteiger charge is 2.22. The fraction of sp³-hybridized carbons (Fsp3) is 1.00. The zero-order chi connectivity index (χ0) is 13.5. The van der Waals surface area contributed by atoms with Gasteiger partial charge in [-0.1, -0.05) is 13.8 Å². The molecule has 0 radical (unpaired) electrons. The van der Waals surface area contributed by atoms with E-state index in [0.29, 0.717) is 6.04 Å². The van der Waals surface area contributed by atoms with Crippen molar-refractivity contribution in [1.29, 1.82) is 0 Å². The summed E-state index contributed by atoms with van der Waals surface area (Å²) in [4.78, 5) is 4.98. The lowest BCUT2D eigenvalue weighted by atomic mass is 9.95. The van der Waals surface area contributed by atoms with Gasteiger partial charge in [0.25, 0.3) is 0 Å². The van der Waals surface area contributed by atoms with Crippen molar-refractivity contribution in [2.45, 2.75) is 39.7 Å². The Morgan fingerprint density at radius 2 is 1.72 bits per heavy atom. The fourth-order valence-corrected chi connectivity index (χ4v) is 2.80. The first kappa shape index (κ1) is 15.9. The topological polar surface area (TPSA) is 18.5 Å². The smallest absolute Gasteiger partial charge is 0.0192 e. The minimum absolute atomic E-state index is 0.684. The first-order chi connectivity index (χ1) is 8.49. The Kier molecular flexibility index (Phi) is 7.20. The molecule has 1 aliphatic heterocycles. The second kappa shape index (κ2) is 8.13. The number of rotatable bonds is 7. The van der Waals surface area contributed by atoms with Crippen molar-refractivity contribution in [1.82, 2.24) is 15.1 Å². The van der Waals surface area contributed by atoms with Crippen molar-refractivity contribution in [3.05, 3.63) is 0 Å². The quantitative estimate of drug-likeness (QED) is 0.749. The Hall–Kier alpha value is -0.120. The number of nitrogens with one attached hydrogen (secondary N) is 1. The number of likely N-dealkylation sites (tertiary alicyclic amines) is 1. The summed E-state index contributed by atoms with van der Waals surface area (Å²) in [6, 6.07) is 0.684. The predicted molar refractivity (Wildman–Crippen MR) is 80.0 cm³/mol. The molecule has 1 rings (SSSR count). The maximum Gasteiger partial charge on any atom is 0.0192 e. The van der Waals surface area contributed by atoms with E-state index in [0.717, 1.165) is 24.9 Å². The molecule has 1 atom stereocenters. The Morgan fingerprint density at radius 1 is 1.11 bits per heavy atom. The average Bonchev–Trinajstić information content (AvgIpc) is 2.28. The van der Waals surface area contributed by atoms with Gasteiger partial charge in [-0.15, -0.1) is 0 Å². The number of nitrogens with zero attached hydrogens (tertiary/aromatic N) is 2. The summed E-state index contributed by atoms with van der Waals surface area (Å²) in [5.41, 5.74) is 0. The minimum atomic E-state index is 0.684. The molecule has 1 fully saturated rings. The van der Waals surface area contributed by atoms with Gasteiger partial charge in [0.05, 0.1) is 0 Å². The fourth-order valence-electron chi connectivity index (χ4n) is 2.80.